The van der Waals surface area contributed by atoms with Crippen LogP contribution in [0.2, 0.25) is 0 Å². The standard InChI is InChI=1S/C18H29N3O2.HI/c1-19-18(21-15-7-5-4-6-8-15)20-12-11-14-9-10-16(22-2)17(13-14)23-3;/h9-10,13,15H,4-8,11-12H2,1-3H3,(H2,19,20,21);1H. The summed E-state index contributed by atoms with van der Waals surface area (Å²) in [5, 5.41) is 6.92. The summed E-state index contributed by atoms with van der Waals surface area (Å²) in [4.78, 5) is 4.32. The molecule has 0 spiro atoms. The van der Waals surface area contributed by atoms with Crippen LogP contribution in [-0.2, 0) is 6.42 Å². The third-order valence-electron chi connectivity index (χ3n) is 4.32. The van der Waals surface area contributed by atoms with E-state index in [1.54, 1.807) is 14.2 Å². The zero-order chi connectivity index (χ0) is 16.5. The Bertz CT molecular complexity index is 517. The average Bonchev–Trinajstić information content (AvgIpc) is 2.61. The Hall–Kier alpha value is -1.18. The van der Waals surface area contributed by atoms with Crippen LogP contribution in [0.5, 0.6) is 11.5 Å². The molecule has 0 aromatic heterocycles. The molecule has 2 N–H and O–H groups in total. The van der Waals surface area contributed by atoms with Gasteiger partial charge in [0.05, 0.1) is 14.2 Å². The highest BCUT2D eigenvalue weighted by atomic mass is 127. The maximum absolute atomic E-state index is 5.34. The van der Waals surface area contributed by atoms with E-state index in [1.165, 1.54) is 37.7 Å². The maximum Gasteiger partial charge on any atom is 0.191 e. The fraction of sp³-hybridized carbons (Fsp3) is 0.611. The largest absolute Gasteiger partial charge is 0.493 e. The second kappa shape index (κ2) is 11.4. The van der Waals surface area contributed by atoms with Gasteiger partial charge in [-0.05, 0) is 37.0 Å². The van der Waals surface area contributed by atoms with Crippen LogP contribution in [0.3, 0.4) is 0 Å². The molecule has 0 radical (unpaired) electrons. The van der Waals surface area contributed by atoms with Gasteiger partial charge in [-0.15, -0.1) is 24.0 Å². The first-order chi connectivity index (χ1) is 11.3. The van der Waals surface area contributed by atoms with Crippen LogP contribution in [0.4, 0.5) is 0 Å². The molecule has 24 heavy (non-hydrogen) atoms. The summed E-state index contributed by atoms with van der Waals surface area (Å²) in [6.07, 6.45) is 7.41. The van der Waals surface area contributed by atoms with Crippen molar-refractivity contribution in [2.45, 2.75) is 44.6 Å². The molecule has 1 aliphatic rings. The minimum absolute atomic E-state index is 0. The number of nitrogens with one attached hydrogen (secondary N) is 2. The second-order valence-electron chi connectivity index (χ2n) is 5.92. The third-order valence-corrected chi connectivity index (χ3v) is 4.32. The van der Waals surface area contributed by atoms with Gasteiger partial charge in [-0.1, -0.05) is 25.3 Å². The van der Waals surface area contributed by atoms with E-state index in [-0.39, 0.29) is 24.0 Å². The molecule has 0 bridgehead atoms. The molecule has 2 rings (SSSR count). The van der Waals surface area contributed by atoms with Crippen molar-refractivity contribution in [1.82, 2.24) is 10.6 Å². The summed E-state index contributed by atoms with van der Waals surface area (Å²) >= 11 is 0. The Balaban J connectivity index is 0.00000288. The van der Waals surface area contributed by atoms with E-state index < -0.39 is 0 Å². The molecule has 0 atom stereocenters. The van der Waals surface area contributed by atoms with Gasteiger partial charge in [0.1, 0.15) is 0 Å². The van der Waals surface area contributed by atoms with E-state index in [1.807, 2.05) is 19.2 Å². The van der Waals surface area contributed by atoms with Gasteiger partial charge in [0.15, 0.2) is 17.5 Å². The van der Waals surface area contributed by atoms with E-state index >= 15 is 0 Å². The van der Waals surface area contributed by atoms with Gasteiger partial charge in [-0.25, -0.2) is 0 Å². The highest BCUT2D eigenvalue weighted by Gasteiger charge is 2.14. The lowest BCUT2D eigenvalue weighted by atomic mass is 9.96. The van der Waals surface area contributed by atoms with Crippen molar-refractivity contribution in [3.63, 3.8) is 0 Å². The quantitative estimate of drug-likeness (QED) is 0.399. The second-order valence-corrected chi connectivity index (χ2v) is 5.92. The number of methoxy groups -OCH3 is 2. The molecule has 1 saturated carbocycles. The van der Waals surface area contributed by atoms with Crippen molar-refractivity contribution >= 4 is 29.9 Å². The van der Waals surface area contributed by atoms with Crippen LogP contribution in [0.15, 0.2) is 23.2 Å². The summed E-state index contributed by atoms with van der Waals surface area (Å²) in [7, 11) is 5.14. The van der Waals surface area contributed by atoms with E-state index in [9.17, 15) is 0 Å². The summed E-state index contributed by atoms with van der Waals surface area (Å²) in [6, 6.07) is 6.61. The zero-order valence-corrected chi connectivity index (χ0v) is 17.3. The van der Waals surface area contributed by atoms with Crippen molar-refractivity contribution < 1.29 is 9.47 Å². The minimum Gasteiger partial charge on any atom is -0.493 e. The lowest BCUT2D eigenvalue weighted by Gasteiger charge is -2.24. The number of halogens is 1. The number of aliphatic imine (C=N–C) groups is 1. The number of rotatable bonds is 6. The summed E-state index contributed by atoms with van der Waals surface area (Å²) in [5.41, 5.74) is 1.21. The first kappa shape index (κ1) is 20.9. The minimum atomic E-state index is 0. The van der Waals surface area contributed by atoms with Crippen LogP contribution in [0.1, 0.15) is 37.7 Å². The Morgan fingerprint density at radius 1 is 1.12 bits per heavy atom. The molecule has 0 aliphatic heterocycles. The molecule has 6 heteroatoms. The normalized spacial score (nSPS) is 15.4. The highest BCUT2D eigenvalue weighted by molar-refractivity contribution is 14.0. The number of guanidine groups is 1. The maximum atomic E-state index is 5.34. The predicted molar refractivity (Wildman–Crippen MR) is 110 cm³/mol. The lowest BCUT2D eigenvalue weighted by molar-refractivity contribution is 0.354. The molecule has 0 amide bonds. The van der Waals surface area contributed by atoms with Gasteiger partial charge < -0.3 is 20.1 Å². The molecule has 0 saturated heterocycles. The molecule has 1 aromatic carbocycles. The monoisotopic (exact) mass is 447 g/mol. The molecule has 1 aromatic rings. The van der Waals surface area contributed by atoms with Gasteiger partial charge in [0.25, 0.3) is 0 Å². The van der Waals surface area contributed by atoms with Gasteiger partial charge in [-0.2, -0.15) is 0 Å². The first-order valence-electron chi connectivity index (χ1n) is 8.45. The van der Waals surface area contributed by atoms with Gasteiger partial charge >= 0.3 is 0 Å². The molecule has 1 aliphatic carbocycles. The van der Waals surface area contributed by atoms with Crippen LogP contribution < -0.4 is 20.1 Å². The smallest absolute Gasteiger partial charge is 0.191 e. The fourth-order valence-electron chi connectivity index (χ4n) is 3.00. The van der Waals surface area contributed by atoms with Crippen LogP contribution in [0, 0.1) is 0 Å². The van der Waals surface area contributed by atoms with E-state index in [2.05, 4.69) is 21.7 Å². The average molecular weight is 447 g/mol. The molecule has 136 valence electrons. The number of ether oxygens (including phenoxy) is 2. The van der Waals surface area contributed by atoms with Crippen molar-refractivity contribution in [2.24, 2.45) is 4.99 Å². The number of benzene rings is 1. The molecular formula is C18H30IN3O2. The zero-order valence-electron chi connectivity index (χ0n) is 14.9. The van der Waals surface area contributed by atoms with Crippen LogP contribution in [0.25, 0.3) is 0 Å². The van der Waals surface area contributed by atoms with E-state index in [0.717, 1.165) is 30.4 Å². The van der Waals surface area contributed by atoms with E-state index in [4.69, 9.17) is 9.47 Å². The Kier molecular flexibility index (Phi) is 9.90. The van der Waals surface area contributed by atoms with Crippen molar-refractivity contribution in [3.8, 4) is 11.5 Å². The first-order valence-corrected chi connectivity index (χ1v) is 8.45. The Morgan fingerprint density at radius 2 is 1.83 bits per heavy atom. The fourth-order valence-corrected chi connectivity index (χ4v) is 3.00. The molecule has 5 nitrogen and oxygen atoms in total. The molecule has 0 unspecified atom stereocenters. The van der Waals surface area contributed by atoms with Crippen molar-refractivity contribution in [2.75, 3.05) is 27.8 Å². The van der Waals surface area contributed by atoms with Gasteiger partial charge in [0, 0.05) is 19.6 Å². The summed E-state index contributed by atoms with van der Waals surface area (Å²) in [6.45, 7) is 0.835. The summed E-state index contributed by atoms with van der Waals surface area (Å²) < 4.78 is 10.6. The SMILES string of the molecule is CN=C(NCCc1ccc(OC)c(OC)c1)NC1CCCCC1.I. The molecular weight excluding hydrogens is 417 g/mol. The van der Waals surface area contributed by atoms with Gasteiger partial charge in [-0.3, -0.25) is 4.99 Å². The molecule has 0 heterocycles. The third kappa shape index (κ3) is 6.37. The Morgan fingerprint density at radius 3 is 2.46 bits per heavy atom. The number of nitrogens with zero attached hydrogens (tertiary/aromatic N) is 1. The highest BCUT2D eigenvalue weighted by Crippen LogP contribution is 2.27. The van der Waals surface area contributed by atoms with Crippen molar-refractivity contribution in [1.29, 1.82) is 0 Å². The summed E-state index contributed by atoms with van der Waals surface area (Å²) in [5.74, 6) is 2.44. The topological polar surface area (TPSA) is 54.9 Å². The van der Waals surface area contributed by atoms with Crippen molar-refractivity contribution in [3.05, 3.63) is 23.8 Å². The predicted octanol–water partition coefficient (Wildman–Crippen LogP) is 3.36. The lowest BCUT2D eigenvalue weighted by Crippen LogP contribution is -2.44. The van der Waals surface area contributed by atoms with E-state index in [0.29, 0.717) is 6.04 Å². The van der Waals surface area contributed by atoms with Crippen LogP contribution >= 0.6 is 24.0 Å². The number of hydrogen-bond donors (Lipinski definition) is 2. The number of hydrogen-bond acceptors (Lipinski definition) is 3. The van der Waals surface area contributed by atoms with Crippen LogP contribution in [-0.4, -0.2) is 39.8 Å². The van der Waals surface area contributed by atoms with Gasteiger partial charge in [0.2, 0.25) is 0 Å². The molecule has 1 fully saturated rings. The Labute approximate surface area is 162 Å².